The molecule has 1 unspecified atom stereocenters. The molecule has 1 atom stereocenters. The minimum atomic E-state index is -1.06. The largest absolute Gasteiger partial charge is 0.230 e. The molecule has 2 rings (SSSR count). The van der Waals surface area contributed by atoms with E-state index < -0.39 is 8.07 Å². The van der Waals surface area contributed by atoms with E-state index in [0.717, 1.165) is 5.52 Å². The Morgan fingerprint density at radius 3 is 2.56 bits per heavy atom. The summed E-state index contributed by atoms with van der Waals surface area (Å²) in [5.41, 5.74) is 1.14. The van der Waals surface area contributed by atoms with E-state index in [1.54, 1.807) is 0 Å². The van der Waals surface area contributed by atoms with Crippen molar-refractivity contribution in [3.63, 3.8) is 0 Å². The van der Waals surface area contributed by atoms with Crippen LogP contribution in [0.4, 0.5) is 0 Å². The topological polar surface area (TPSA) is 12.9 Å². The van der Waals surface area contributed by atoms with E-state index in [-0.39, 0.29) is 0 Å². The summed E-state index contributed by atoms with van der Waals surface area (Å²) in [6.45, 7) is 9.58. The third-order valence-corrected chi connectivity index (χ3v) is 9.70. The zero-order valence-corrected chi connectivity index (χ0v) is 12.8. The minimum absolute atomic E-state index is 0.716. The van der Waals surface area contributed by atoms with E-state index in [1.807, 2.05) is 23.1 Å². The lowest BCUT2D eigenvalue weighted by Gasteiger charge is -2.23. The number of rotatable bonds is 3. The first-order chi connectivity index (χ1) is 7.47. The van der Waals surface area contributed by atoms with Gasteiger partial charge in [-0.1, -0.05) is 50.5 Å². The number of benzene rings is 1. The first kappa shape index (κ1) is 12.1. The van der Waals surface area contributed by atoms with Crippen molar-refractivity contribution in [2.75, 3.05) is 0 Å². The Balaban J connectivity index is 2.22. The SMILES string of the molecule is CC(Sc1nc2ccccc2s1)[Si](C)(C)C. The van der Waals surface area contributed by atoms with Crippen LogP contribution >= 0.6 is 23.1 Å². The van der Waals surface area contributed by atoms with Crippen molar-refractivity contribution < 1.29 is 0 Å². The number of hydrogen-bond acceptors (Lipinski definition) is 3. The average Bonchev–Trinajstić information content (AvgIpc) is 2.58. The normalized spacial score (nSPS) is 14.2. The highest BCUT2D eigenvalue weighted by Crippen LogP contribution is 2.34. The summed E-state index contributed by atoms with van der Waals surface area (Å²) in [4.78, 5) is 5.39. The Morgan fingerprint density at radius 1 is 1.25 bits per heavy atom. The molecule has 0 saturated heterocycles. The molecular formula is C12H17NS2Si. The number of thiazole rings is 1. The van der Waals surface area contributed by atoms with Gasteiger partial charge >= 0.3 is 0 Å². The van der Waals surface area contributed by atoms with E-state index >= 15 is 0 Å². The standard InChI is InChI=1S/C12H17NS2Si/c1-9(16(2,3)4)14-12-13-10-7-5-6-8-11(10)15-12/h5-9H,1-4H3. The molecule has 0 spiro atoms. The fraction of sp³-hybridized carbons (Fsp3) is 0.417. The van der Waals surface area contributed by atoms with Crippen LogP contribution in [0.1, 0.15) is 6.92 Å². The molecule has 1 nitrogen and oxygen atoms in total. The molecule has 1 heterocycles. The van der Waals surface area contributed by atoms with Gasteiger partial charge in [0.05, 0.1) is 18.3 Å². The molecule has 0 aliphatic carbocycles. The van der Waals surface area contributed by atoms with Crippen LogP contribution in [-0.4, -0.2) is 17.9 Å². The van der Waals surface area contributed by atoms with Gasteiger partial charge in [0.1, 0.15) is 0 Å². The zero-order valence-electron chi connectivity index (χ0n) is 10.2. The summed E-state index contributed by atoms with van der Waals surface area (Å²) in [7, 11) is -1.06. The van der Waals surface area contributed by atoms with Crippen LogP contribution in [0.25, 0.3) is 10.2 Å². The van der Waals surface area contributed by atoms with E-state index in [2.05, 4.69) is 55.8 Å². The van der Waals surface area contributed by atoms with Gasteiger partial charge in [0.25, 0.3) is 0 Å². The van der Waals surface area contributed by atoms with Crippen molar-refractivity contribution in [1.29, 1.82) is 0 Å². The average molecular weight is 267 g/mol. The van der Waals surface area contributed by atoms with Crippen molar-refractivity contribution >= 4 is 41.4 Å². The molecule has 0 radical (unpaired) electrons. The fourth-order valence-corrected chi connectivity index (χ4v) is 5.28. The molecule has 1 aromatic heterocycles. The third kappa shape index (κ3) is 2.67. The Labute approximate surface area is 106 Å². The summed E-state index contributed by atoms with van der Waals surface area (Å²) >= 11 is 3.76. The van der Waals surface area contributed by atoms with Crippen LogP contribution in [0, 0.1) is 0 Å². The van der Waals surface area contributed by atoms with Crippen LogP contribution in [-0.2, 0) is 0 Å². The van der Waals surface area contributed by atoms with Gasteiger partial charge < -0.3 is 0 Å². The molecule has 0 amide bonds. The second kappa shape index (κ2) is 4.51. The zero-order chi connectivity index (χ0) is 11.8. The highest BCUT2D eigenvalue weighted by molar-refractivity contribution is 8.03. The second-order valence-corrected chi connectivity index (χ2v) is 13.7. The molecule has 86 valence electrons. The van der Waals surface area contributed by atoms with Gasteiger partial charge in [-0.05, 0) is 12.1 Å². The fourth-order valence-electron chi connectivity index (χ4n) is 1.23. The Bertz CT molecular complexity index is 454. The first-order valence-electron chi connectivity index (χ1n) is 5.49. The van der Waals surface area contributed by atoms with Gasteiger partial charge in [0, 0.05) is 4.87 Å². The molecule has 4 heteroatoms. The predicted octanol–water partition coefficient (Wildman–Crippen LogP) is 4.65. The van der Waals surface area contributed by atoms with Crippen LogP contribution in [0.2, 0.25) is 19.6 Å². The minimum Gasteiger partial charge on any atom is -0.230 e. The van der Waals surface area contributed by atoms with Crippen LogP contribution < -0.4 is 0 Å². The predicted molar refractivity (Wildman–Crippen MR) is 78.3 cm³/mol. The van der Waals surface area contributed by atoms with Crippen molar-refractivity contribution in [1.82, 2.24) is 4.98 Å². The Hall–Kier alpha value is -0.323. The molecule has 0 saturated carbocycles. The summed E-state index contributed by atoms with van der Waals surface area (Å²) in [5.74, 6) is 0. The van der Waals surface area contributed by atoms with Crippen molar-refractivity contribution in [3.8, 4) is 0 Å². The maximum atomic E-state index is 4.67. The van der Waals surface area contributed by atoms with Crippen molar-refractivity contribution in [2.24, 2.45) is 0 Å². The van der Waals surface area contributed by atoms with Gasteiger partial charge in [-0.2, -0.15) is 0 Å². The number of thioether (sulfide) groups is 1. The van der Waals surface area contributed by atoms with Gasteiger partial charge in [-0.25, -0.2) is 4.98 Å². The van der Waals surface area contributed by atoms with Crippen molar-refractivity contribution in [2.45, 2.75) is 35.8 Å². The lowest BCUT2D eigenvalue weighted by molar-refractivity contribution is 1.25. The summed E-state index contributed by atoms with van der Waals surface area (Å²) in [5, 5.41) is 0. The lowest BCUT2D eigenvalue weighted by atomic mass is 10.3. The van der Waals surface area contributed by atoms with Crippen LogP contribution in [0.5, 0.6) is 0 Å². The van der Waals surface area contributed by atoms with Gasteiger partial charge in [0.15, 0.2) is 4.34 Å². The summed E-state index contributed by atoms with van der Waals surface area (Å²) < 4.78 is 2.52. The summed E-state index contributed by atoms with van der Waals surface area (Å²) in [6, 6.07) is 8.38. The first-order valence-corrected chi connectivity index (χ1v) is 10.8. The number of hydrogen-bond donors (Lipinski definition) is 0. The quantitative estimate of drug-likeness (QED) is 0.593. The van der Waals surface area contributed by atoms with E-state index in [9.17, 15) is 0 Å². The Kier molecular flexibility index (Phi) is 3.42. The Morgan fingerprint density at radius 2 is 1.94 bits per heavy atom. The third-order valence-electron chi connectivity index (χ3n) is 2.77. The maximum absolute atomic E-state index is 4.67. The van der Waals surface area contributed by atoms with Crippen LogP contribution in [0.3, 0.4) is 0 Å². The molecule has 0 N–H and O–H groups in total. The summed E-state index contributed by atoms with van der Waals surface area (Å²) in [6.07, 6.45) is 0. The maximum Gasteiger partial charge on any atom is 0.151 e. The van der Waals surface area contributed by atoms with E-state index in [0.29, 0.717) is 4.87 Å². The lowest BCUT2D eigenvalue weighted by Crippen LogP contribution is -2.32. The van der Waals surface area contributed by atoms with E-state index in [4.69, 9.17) is 0 Å². The molecule has 16 heavy (non-hydrogen) atoms. The molecule has 0 fully saturated rings. The highest BCUT2D eigenvalue weighted by Gasteiger charge is 2.24. The molecule has 0 bridgehead atoms. The highest BCUT2D eigenvalue weighted by atomic mass is 32.2. The van der Waals surface area contributed by atoms with E-state index in [1.165, 1.54) is 9.04 Å². The number of para-hydroxylation sites is 1. The molecule has 0 aliphatic rings. The van der Waals surface area contributed by atoms with Crippen molar-refractivity contribution in [3.05, 3.63) is 24.3 Å². The van der Waals surface area contributed by atoms with Gasteiger partial charge in [-0.3, -0.25) is 0 Å². The smallest absolute Gasteiger partial charge is 0.151 e. The molecule has 0 aliphatic heterocycles. The number of fused-ring (bicyclic) bond motifs is 1. The molecule has 1 aromatic carbocycles. The molecular weight excluding hydrogens is 250 g/mol. The van der Waals surface area contributed by atoms with Gasteiger partial charge in [-0.15, -0.1) is 11.3 Å². The van der Waals surface area contributed by atoms with Gasteiger partial charge in [0.2, 0.25) is 0 Å². The van der Waals surface area contributed by atoms with Crippen LogP contribution in [0.15, 0.2) is 28.6 Å². The monoisotopic (exact) mass is 267 g/mol. The second-order valence-electron chi connectivity index (χ2n) is 5.07. The number of aromatic nitrogens is 1. The number of nitrogens with zero attached hydrogens (tertiary/aromatic N) is 1. The molecule has 2 aromatic rings.